The van der Waals surface area contributed by atoms with Gasteiger partial charge in [0.15, 0.2) is 0 Å². The highest BCUT2D eigenvalue weighted by molar-refractivity contribution is 5.83. The summed E-state index contributed by atoms with van der Waals surface area (Å²) in [4.78, 5) is 12.4. The average molecular weight is 343 g/mol. The van der Waals surface area contributed by atoms with Gasteiger partial charge in [-0.15, -0.1) is 0 Å². The van der Waals surface area contributed by atoms with E-state index in [1.165, 1.54) is 0 Å². The van der Waals surface area contributed by atoms with E-state index in [1.54, 1.807) is 14.0 Å². The largest absolute Gasteiger partial charge is 0.497 e. The van der Waals surface area contributed by atoms with Crippen LogP contribution in [0.2, 0.25) is 0 Å². The van der Waals surface area contributed by atoms with E-state index in [0.717, 1.165) is 23.5 Å². The van der Waals surface area contributed by atoms with Gasteiger partial charge in [0, 0.05) is 11.5 Å². The SMILES string of the molecule is COc1cccc(C2CC2C(=O)NCC(C)(O)c2cc(C)oc2C)c1. The van der Waals surface area contributed by atoms with Crippen LogP contribution in [-0.4, -0.2) is 24.7 Å². The Labute approximate surface area is 148 Å². The van der Waals surface area contributed by atoms with Crippen molar-refractivity contribution in [3.8, 4) is 5.75 Å². The molecule has 0 saturated heterocycles. The molecular formula is C20H25NO4. The Balaban J connectivity index is 1.59. The van der Waals surface area contributed by atoms with Crippen LogP contribution in [0.15, 0.2) is 34.7 Å². The average Bonchev–Trinajstić information content (AvgIpc) is 3.31. The summed E-state index contributed by atoms with van der Waals surface area (Å²) in [5, 5.41) is 13.6. The van der Waals surface area contributed by atoms with E-state index in [1.807, 2.05) is 44.2 Å². The fraction of sp³-hybridized carbons (Fsp3) is 0.450. The van der Waals surface area contributed by atoms with E-state index in [2.05, 4.69) is 5.32 Å². The maximum Gasteiger partial charge on any atom is 0.223 e. The minimum absolute atomic E-state index is 0.0223. The first-order valence-corrected chi connectivity index (χ1v) is 8.53. The molecule has 1 saturated carbocycles. The summed E-state index contributed by atoms with van der Waals surface area (Å²) in [5.41, 5.74) is 0.677. The third-order valence-corrected chi connectivity index (χ3v) is 4.88. The normalized spacial score (nSPS) is 21.5. The number of methoxy groups -OCH3 is 1. The molecule has 1 fully saturated rings. The van der Waals surface area contributed by atoms with Crippen LogP contribution in [-0.2, 0) is 10.4 Å². The maximum atomic E-state index is 12.4. The number of aryl methyl sites for hydroxylation is 2. The standard InChI is InChI=1S/C20H25NO4/c1-12-8-18(13(2)25-12)20(3,23)11-21-19(22)17-10-16(17)14-6-5-7-15(9-14)24-4/h5-9,16-17,23H,10-11H2,1-4H3,(H,21,22). The van der Waals surface area contributed by atoms with Crippen molar-refractivity contribution in [3.63, 3.8) is 0 Å². The molecule has 2 aromatic rings. The van der Waals surface area contributed by atoms with Crippen LogP contribution >= 0.6 is 0 Å². The number of hydrogen-bond acceptors (Lipinski definition) is 4. The van der Waals surface area contributed by atoms with Gasteiger partial charge in [-0.05, 0) is 56.9 Å². The molecule has 1 aromatic carbocycles. The molecule has 1 heterocycles. The molecule has 25 heavy (non-hydrogen) atoms. The molecule has 1 aliphatic rings. The predicted octanol–water partition coefficient (Wildman–Crippen LogP) is 3.03. The summed E-state index contributed by atoms with van der Waals surface area (Å²) >= 11 is 0. The highest BCUT2D eigenvalue weighted by Gasteiger charge is 2.44. The van der Waals surface area contributed by atoms with Gasteiger partial charge in [0.25, 0.3) is 0 Å². The van der Waals surface area contributed by atoms with Crippen molar-refractivity contribution in [2.45, 2.75) is 38.7 Å². The lowest BCUT2D eigenvalue weighted by Crippen LogP contribution is -2.39. The molecule has 5 nitrogen and oxygen atoms in total. The molecule has 1 amide bonds. The van der Waals surface area contributed by atoms with Crippen LogP contribution in [0.3, 0.4) is 0 Å². The number of nitrogens with one attached hydrogen (secondary N) is 1. The van der Waals surface area contributed by atoms with Gasteiger partial charge in [0.05, 0.1) is 13.7 Å². The summed E-state index contributed by atoms with van der Waals surface area (Å²) in [7, 11) is 1.64. The minimum Gasteiger partial charge on any atom is -0.497 e. The second kappa shape index (κ2) is 6.56. The van der Waals surface area contributed by atoms with E-state index in [-0.39, 0.29) is 24.3 Å². The first-order chi connectivity index (χ1) is 11.8. The molecule has 0 bridgehead atoms. The van der Waals surface area contributed by atoms with Gasteiger partial charge in [-0.3, -0.25) is 4.79 Å². The van der Waals surface area contributed by atoms with E-state index in [0.29, 0.717) is 11.3 Å². The Bertz CT molecular complexity index is 778. The number of hydrogen-bond donors (Lipinski definition) is 2. The fourth-order valence-electron chi connectivity index (χ4n) is 3.38. The van der Waals surface area contributed by atoms with Crippen molar-refractivity contribution in [1.82, 2.24) is 5.32 Å². The summed E-state index contributed by atoms with van der Waals surface area (Å²) in [6.45, 7) is 5.51. The number of carbonyl (C=O) groups excluding carboxylic acids is 1. The van der Waals surface area contributed by atoms with E-state index in [4.69, 9.17) is 9.15 Å². The van der Waals surface area contributed by atoms with Gasteiger partial charge in [-0.1, -0.05) is 12.1 Å². The molecule has 1 aliphatic carbocycles. The maximum absolute atomic E-state index is 12.4. The first-order valence-electron chi connectivity index (χ1n) is 8.53. The molecular weight excluding hydrogens is 318 g/mol. The summed E-state index contributed by atoms with van der Waals surface area (Å²) in [6.07, 6.45) is 0.824. The Kier molecular flexibility index (Phi) is 4.60. The highest BCUT2D eigenvalue weighted by atomic mass is 16.5. The van der Waals surface area contributed by atoms with Crippen molar-refractivity contribution in [2.24, 2.45) is 5.92 Å². The quantitative estimate of drug-likeness (QED) is 0.846. The third kappa shape index (κ3) is 3.71. The van der Waals surface area contributed by atoms with Crippen LogP contribution < -0.4 is 10.1 Å². The zero-order chi connectivity index (χ0) is 18.2. The fourth-order valence-corrected chi connectivity index (χ4v) is 3.38. The number of carbonyl (C=O) groups is 1. The topological polar surface area (TPSA) is 71.7 Å². The molecule has 3 unspecified atom stereocenters. The number of aliphatic hydroxyl groups is 1. The zero-order valence-corrected chi connectivity index (χ0v) is 15.1. The van der Waals surface area contributed by atoms with Crippen molar-refractivity contribution in [2.75, 3.05) is 13.7 Å². The molecule has 3 atom stereocenters. The number of ether oxygens (including phenoxy) is 1. The highest BCUT2D eigenvalue weighted by Crippen LogP contribution is 2.48. The van der Waals surface area contributed by atoms with Crippen LogP contribution in [0.1, 0.15) is 41.9 Å². The third-order valence-electron chi connectivity index (χ3n) is 4.88. The monoisotopic (exact) mass is 343 g/mol. The summed E-state index contributed by atoms with van der Waals surface area (Å²) in [6, 6.07) is 9.65. The number of benzene rings is 1. The lowest BCUT2D eigenvalue weighted by atomic mass is 9.96. The molecule has 5 heteroatoms. The Hall–Kier alpha value is -2.27. The Morgan fingerprint density at radius 2 is 2.16 bits per heavy atom. The van der Waals surface area contributed by atoms with Gasteiger partial charge in [-0.25, -0.2) is 0 Å². The first kappa shape index (κ1) is 17.5. The molecule has 0 aliphatic heterocycles. The van der Waals surface area contributed by atoms with Crippen LogP contribution in [0.5, 0.6) is 5.75 Å². The number of furan rings is 1. The minimum atomic E-state index is -1.15. The van der Waals surface area contributed by atoms with Crippen molar-refractivity contribution in [3.05, 3.63) is 53.0 Å². The Morgan fingerprint density at radius 3 is 2.80 bits per heavy atom. The molecule has 1 aromatic heterocycles. The van der Waals surface area contributed by atoms with Crippen LogP contribution in [0, 0.1) is 19.8 Å². The van der Waals surface area contributed by atoms with Crippen molar-refractivity contribution in [1.29, 1.82) is 0 Å². The van der Waals surface area contributed by atoms with Gasteiger partial charge < -0.3 is 19.6 Å². The van der Waals surface area contributed by atoms with E-state index in [9.17, 15) is 9.90 Å². The van der Waals surface area contributed by atoms with E-state index < -0.39 is 5.60 Å². The predicted molar refractivity (Wildman–Crippen MR) is 94.6 cm³/mol. The number of rotatable bonds is 6. The second-order valence-electron chi connectivity index (χ2n) is 7.04. The molecule has 3 rings (SSSR count). The van der Waals surface area contributed by atoms with E-state index >= 15 is 0 Å². The molecule has 134 valence electrons. The van der Waals surface area contributed by atoms with Gasteiger partial charge >= 0.3 is 0 Å². The molecule has 0 radical (unpaired) electrons. The van der Waals surface area contributed by atoms with Crippen LogP contribution in [0.25, 0.3) is 0 Å². The van der Waals surface area contributed by atoms with Gasteiger partial charge in [-0.2, -0.15) is 0 Å². The number of amides is 1. The molecule has 2 N–H and O–H groups in total. The lowest BCUT2D eigenvalue weighted by Gasteiger charge is -2.23. The summed E-state index contributed by atoms with van der Waals surface area (Å²) < 4.78 is 10.7. The smallest absolute Gasteiger partial charge is 0.223 e. The van der Waals surface area contributed by atoms with Gasteiger partial charge in [0.2, 0.25) is 5.91 Å². The molecule has 0 spiro atoms. The lowest BCUT2D eigenvalue weighted by molar-refractivity contribution is -0.123. The van der Waals surface area contributed by atoms with Gasteiger partial charge in [0.1, 0.15) is 22.9 Å². The van der Waals surface area contributed by atoms with Crippen LogP contribution in [0.4, 0.5) is 0 Å². The second-order valence-corrected chi connectivity index (χ2v) is 7.04. The summed E-state index contributed by atoms with van der Waals surface area (Å²) in [5.74, 6) is 2.38. The van der Waals surface area contributed by atoms with Crippen molar-refractivity contribution < 1.29 is 19.1 Å². The Morgan fingerprint density at radius 1 is 1.40 bits per heavy atom. The van der Waals surface area contributed by atoms with Crippen molar-refractivity contribution >= 4 is 5.91 Å². The zero-order valence-electron chi connectivity index (χ0n) is 15.1.